The van der Waals surface area contributed by atoms with Crippen LogP contribution in [0.3, 0.4) is 0 Å². The van der Waals surface area contributed by atoms with Crippen molar-refractivity contribution in [2.24, 2.45) is 23.7 Å². The van der Waals surface area contributed by atoms with Gasteiger partial charge in [-0.25, -0.2) is 19.6 Å². The molecular formula is C48H58N8O10. The highest BCUT2D eigenvalue weighted by Crippen LogP contribution is 2.51. The summed E-state index contributed by atoms with van der Waals surface area (Å²) in [5.41, 5.74) is 7.63. The number of nitrogens with zero attached hydrogens (tertiary/aromatic N) is 4. The molecule has 6 unspecified atom stereocenters. The van der Waals surface area contributed by atoms with E-state index in [9.17, 15) is 19.2 Å². The molecule has 6 atom stereocenters. The van der Waals surface area contributed by atoms with Crippen molar-refractivity contribution >= 4 is 24.0 Å². The lowest BCUT2D eigenvalue weighted by Gasteiger charge is -2.30. The molecular weight excluding hydrogens is 849 g/mol. The number of benzene rings is 2. The second-order valence-electron chi connectivity index (χ2n) is 17.9. The smallest absolute Gasteiger partial charge is 0.407 e. The van der Waals surface area contributed by atoms with E-state index in [2.05, 4.69) is 45.9 Å². The largest absolute Gasteiger partial charge is 0.501 e. The summed E-state index contributed by atoms with van der Waals surface area (Å²) < 4.78 is 33.6. The summed E-state index contributed by atoms with van der Waals surface area (Å²) >= 11 is 0. The molecule has 8 rings (SSSR count). The third-order valence-corrected chi connectivity index (χ3v) is 13.1. The fourth-order valence-corrected chi connectivity index (χ4v) is 9.61. The average molecular weight is 907 g/mol. The van der Waals surface area contributed by atoms with Crippen LogP contribution < -0.4 is 20.1 Å². The first-order valence-electron chi connectivity index (χ1n) is 22.1. The lowest BCUT2D eigenvalue weighted by molar-refractivity contribution is -0.136. The first-order valence-corrected chi connectivity index (χ1v) is 22.1. The molecule has 2 saturated heterocycles. The fourth-order valence-electron chi connectivity index (χ4n) is 9.61. The molecule has 350 valence electrons. The van der Waals surface area contributed by atoms with Crippen LogP contribution in [0.25, 0.3) is 33.6 Å². The quantitative estimate of drug-likeness (QED) is 0.0797. The molecule has 0 radical (unpaired) electrons. The molecule has 0 bridgehead atoms. The number of aromatic nitrogens is 4. The van der Waals surface area contributed by atoms with Gasteiger partial charge in [0.15, 0.2) is 0 Å². The van der Waals surface area contributed by atoms with E-state index in [1.165, 1.54) is 21.3 Å². The molecule has 0 aliphatic carbocycles. The number of alkyl carbamates (subject to hydrolysis) is 2. The van der Waals surface area contributed by atoms with E-state index < -0.39 is 30.3 Å². The Bertz CT molecular complexity index is 2510. The molecule has 4 amide bonds. The van der Waals surface area contributed by atoms with Gasteiger partial charge in [-0.2, -0.15) is 0 Å². The van der Waals surface area contributed by atoms with Gasteiger partial charge in [0.2, 0.25) is 11.8 Å². The molecule has 66 heavy (non-hydrogen) atoms. The van der Waals surface area contributed by atoms with E-state index in [4.69, 9.17) is 38.4 Å². The zero-order valence-electron chi connectivity index (χ0n) is 38.6. The van der Waals surface area contributed by atoms with Crippen molar-refractivity contribution in [1.82, 2.24) is 40.4 Å². The first-order chi connectivity index (χ1) is 31.6. The van der Waals surface area contributed by atoms with Gasteiger partial charge >= 0.3 is 12.2 Å². The van der Waals surface area contributed by atoms with Crippen molar-refractivity contribution in [3.8, 4) is 45.1 Å². The van der Waals surface area contributed by atoms with Crippen molar-refractivity contribution in [2.45, 2.75) is 71.5 Å². The number of rotatable bonds is 14. The fraction of sp³-hybridized carbons (Fsp3) is 0.458. The van der Waals surface area contributed by atoms with E-state index in [1.54, 1.807) is 29.3 Å². The van der Waals surface area contributed by atoms with Crippen molar-refractivity contribution in [3.63, 3.8) is 0 Å². The van der Waals surface area contributed by atoms with Crippen LogP contribution in [0, 0.1) is 23.7 Å². The predicted octanol–water partition coefficient (Wildman–Crippen LogP) is 6.43. The monoisotopic (exact) mass is 906 g/mol. The molecule has 2 aromatic carbocycles. The number of aromatic amines is 2. The number of nitrogens with one attached hydrogen (secondary N) is 4. The summed E-state index contributed by atoms with van der Waals surface area (Å²) in [5.74, 6) is 1.80. The number of carbonyl (C=O) groups excluding carboxylic acids is 4. The Labute approximate surface area is 383 Å². The predicted molar refractivity (Wildman–Crippen MR) is 242 cm³/mol. The molecule has 2 fully saturated rings. The Morgan fingerprint density at radius 2 is 1.27 bits per heavy atom. The maximum absolute atomic E-state index is 14.2. The Hall–Kier alpha value is -6.82. The molecule has 18 heteroatoms. The average Bonchev–Trinajstić information content (AvgIpc) is 4.14. The van der Waals surface area contributed by atoms with E-state index in [1.807, 2.05) is 39.8 Å². The van der Waals surface area contributed by atoms with Crippen molar-refractivity contribution < 1.29 is 47.6 Å². The molecule has 6 heterocycles. The summed E-state index contributed by atoms with van der Waals surface area (Å²) in [6.45, 7) is 17.7. The van der Waals surface area contributed by atoms with Gasteiger partial charge < -0.3 is 58.8 Å². The summed E-state index contributed by atoms with van der Waals surface area (Å²) in [7, 11) is 5.71. The number of amides is 4. The van der Waals surface area contributed by atoms with E-state index in [0.717, 1.165) is 44.8 Å². The van der Waals surface area contributed by atoms with Crippen LogP contribution in [-0.4, -0.2) is 114 Å². The number of ether oxygens (including phenoxy) is 6. The minimum absolute atomic E-state index is 0.0798. The lowest BCUT2D eigenvalue weighted by atomic mass is 9.87. The van der Waals surface area contributed by atoms with Crippen LogP contribution in [0.2, 0.25) is 0 Å². The first kappa shape index (κ1) is 45.7. The molecule has 4 aliphatic heterocycles. The van der Waals surface area contributed by atoms with Gasteiger partial charge in [0.05, 0.1) is 69.4 Å². The summed E-state index contributed by atoms with van der Waals surface area (Å²) in [5, 5.41) is 5.41. The number of carbonyl (C=O) groups is 4. The number of imidazole rings is 2. The molecule has 2 aromatic heterocycles. The Morgan fingerprint density at radius 1 is 0.758 bits per heavy atom. The van der Waals surface area contributed by atoms with Crippen molar-refractivity contribution in [3.05, 3.63) is 83.9 Å². The summed E-state index contributed by atoms with van der Waals surface area (Å²) in [6.07, 6.45) is 2.76. The second kappa shape index (κ2) is 18.6. The van der Waals surface area contributed by atoms with Crippen LogP contribution >= 0.6 is 0 Å². The number of hydrogen-bond donors (Lipinski definition) is 4. The van der Waals surface area contributed by atoms with Gasteiger partial charge in [0, 0.05) is 59.5 Å². The van der Waals surface area contributed by atoms with E-state index in [-0.39, 0.29) is 54.7 Å². The zero-order chi connectivity index (χ0) is 47.1. The maximum atomic E-state index is 14.2. The minimum atomic E-state index is -0.861. The van der Waals surface area contributed by atoms with Crippen LogP contribution in [0.15, 0.2) is 61.1 Å². The van der Waals surface area contributed by atoms with Crippen molar-refractivity contribution in [2.75, 3.05) is 48.1 Å². The van der Waals surface area contributed by atoms with E-state index >= 15 is 0 Å². The minimum Gasteiger partial charge on any atom is -0.501 e. The van der Waals surface area contributed by atoms with Crippen LogP contribution in [0.4, 0.5) is 9.59 Å². The van der Waals surface area contributed by atoms with Gasteiger partial charge in [0.1, 0.15) is 54.5 Å². The topological polar surface area (TPSA) is 212 Å². The van der Waals surface area contributed by atoms with Gasteiger partial charge in [-0.05, 0) is 48.1 Å². The SMILES string of the molecule is C=C(OC)C1CN(C(=O)C(NC(=O)OC)C(C)C)C(c2ncc(-c3cc4c5c(c3)OCc3cc(-c6cnc(C7CC(COC)CN7C(=O)C(NC(=O)OC)C(C)C)[nH]6)cc(c3-5)OC4)[nH]2)C1=C. The highest BCUT2D eigenvalue weighted by atomic mass is 16.5. The Kier molecular flexibility index (Phi) is 12.9. The lowest BCUT2D eigenvalue weighted by Crippen LogP contribution is -2.51. The highest BCUT2D eigenvalue weighted by Gasteiger charge is 2.46. The third kappa shape index (κ3) is 8.45. The van der Waals surface area contributed by atoms with Crippen LogP contribution in [0.5, 0.6) is 11.5 Å². The maximum Gasteiger partial charge on any atom is 0.407 e. The Balaban J connectivity index is 1.06. The highest BCUT2D eigenvalue weighted by molar-refractivity contribution is 5.90. The van der Waals surface area contributed by atoms with Gasteiger partial charge in [0.25, 0.3) is 0 Å². The summed E-state index contributed by atoms with van der Waals surface area (Å²) in [6, 6.07) is 5.45. The third-order valence-electron chi connectivity index (χ3n) is 13.1. The number of H-pyrrole nitrogens is 2. The molecule has 4 aliphatic rings. The normalized spacial score (nSPS) is 20.3. The van der Waals surface area contributed by atoms with Crippen LogP contribution in [0.1, 0.15) is 69.0 Å². The van der Waals surface area contributed by atoms with Crippen molar-refractivity contribution in [1.29, 1.82) is 0 Å². The van der Waals surface area contributed by atoms with Gasteiger partial charge in [-0.3, -0.25) is 9.59 Å². The molecule has 4 N–H and O–H groups in total. The molecule has 4 aromatic rings. The number of methoxy groups -OCH3 is 4. The van der Waals surface area contributed by atoms with Crippen LogP contribution in [-0.2, 0) is 41.8 Å². The van der Waals surface area contributed by atoms with Gasteiger partial charge in [-0.1, -0.05) is 40.9 Å². The standard InChI is InChI=1S/C48H58N8O10/c1-23(2)40(53-47(59)63-9)45(57)55-18-27(20-61-7)11-35(55)43-49-16-33(51-43)28-12-30-21-66-37-15-29(13-31-22-65-36(14-28)38(30)39(31)37)34-17-50-44(52-34)42-25(5)32(26(6)62-8)19-56(42)46(58)41(24(3)4)54-48(60)64-10/h12-17,23-24,27,32,35,40-42H,5-6,11,18-22H2,1-4,7-10H3,(H,49,51)(H,50,52)(H,53,59)(H,54,60). The number of likely N-dealkylation sites (tertiary alicyclic amines) is 2. The number of hydrogen-bond acceptors (Lipinski definition) is 12. The van der Waals surface area contributed by atoms with Gasteiger partial charge in [-0.15, -0.1) is 0 Å². The zero-order valence-corrected chi connectivity index (χ0v) is 38.6. The summed E-state index contributed by atoms with van der Waals surface area (Å²) in [4.78, 5) is 72.6. The second-order valence-corrected chi connectivity index (χ2v) is 17.9. The molecule has 0 spiro atoms. The Morgan fingerprint density at radius 3 is 1.77 bits per heavy atom. The molecule has 0 saturated carbocycles. The van der Waals surface area contributed by atoms with E-state index in [0.29, 0.717) is 60.6 Å². The molecule has 18 nitrogen and oxygen atoms in total.